The van der Waals surface area contributed by atoms with Crippen LogP contribution in [0.4, 0.5) is 10.1 Å². The molecule has 0 saturated heterocycles. The molecule has 1 amide bonds. The molecule has 0 radical (unpaired) electrons. The number of nitrogens with zero attached hydrogens (tertiary/aromatic N) is 1. The molecule has 0 aliphatic carbocycles. The van der Waals surface area contributed by atoms with Crippen molar-refractivity contribution in [3.8, 4) is 6.07 Å². The third-order valence-electron chi connectivity index (χ3n) is 2.78. The Hall–Kier alpha value is -2.16. The van der Waals surface area contributed by atoms with Gasteiger partial charge in [-0.05, 0) is 46.3 Å². The second-order valence-electron chi connectivity index (χ2n) is 4.24. The summed E-state index contributed by atoms with van der Waals surface area (Å²) in [5, 5.41) is 11.8. The largest absolute Gasteiger partial charge is 0.320 e. The number of halogens is 3. The smallest absolute Gasteiger partial charge is 0.266 e. The van der Waals surface area contributed by atoms with E-state index in [1.807, 2.05) is 0 Å². The molecule has 2 aromatic carbocycles. The zero-order chi connectivity index (χ0) is 16.1. The summed E-state index contributed by atoms with van der Waals surface area (Å²) in [6.45, 7) is 0. The molecule has 6 heteroatoms. The highest BCUT2D eigenvalue weighted by Crippen LogP contribution is 2.24. The first-order chi connectivity index (χ1) is 10.5. The van der Waals surface area contributed by atoms with Gasteiger partial charge in [0.25, 0.3) is 5.91 Å². The molecule has 0 fully saturated rings. The summed E-state index contributed by atoms with van der Waals surface area (Å²) in [6, 6.07) is 12.8. The molecule has 110 valence electrons. The molecule has 0 unspecified atom stereocenters. The van der Waals surface area contributed by atoms with Gasteiger partial charge < -0.3 is 5.32 Å². The van der Waals surface area contributed by atoms with E-state index in [1.165, 1.54) is 18.2 Å². The number of carbonyl (C=O) groups excluding carboxylic acids is 1. The Morgan fingerprint density at radius 2 is 2.00 bits per heavy atom. The van der Waals surface area contributed by atoms with Crippen molar-refractivity contribution in [2.24, 2.45) is 0 Å². The Morgan fingerprint density at radius 1 is 1.27 bits per heavy atom. The average Bonchev–Trinajstić information content (AvgIpc) is 2.49. The second-order valence-corrected chi connectivity index (χ2v) is 5.50. The number of nitriles is 1. The number of rotatable bonds is 3. The lowest BCUT2D eigenvalue weighted by Crippen LogP contribution is -2.13. The predicted octanol–water partition coefficient (Wildman–Crippen LogP) is 4.79. The fraction of sp³-hybridized carbons (Fsp3) is 0. The van der Waals surface area contributed by atoms with Gasteiger partial charge in [-0.2, -0.15) is 5.26 Å². The zero-order valence-corrected chi connectivity index (χ0v) is 13.5. The highest BCUT2D eigenvalue weighted by atomic mass is 79.9. The molecule has 22 heavy (non-hydrogen) atoms. The van der Waals surface area contributed by atoms with Crippen molar-refractivity contribution in [2.75, 3.05) is 5.32 Å². The fourth-order valence-corrected chi connectivity index (χ4v) is 2.30. The molecule has 3 nitrogen and oxygen atoms in total. The van der Waals surface area contributed by atoms with Crippen LogP contribution in [0.15, 0.2) is 52.5 Å². The van der Waals surface area contributed by atoms with Gasteiger partial charge in [0.1, 0.15) is 17.5 Å². The first-order valence-corrected chi connectivity index (χ1v) is 7.31. The number of amides is 1. The number of nitrogens with one attached hydrogen (secondary N) is 1. The normalized spacial score (nSPS) is 10.9. The van der Waals surface area contributed by atoms with Crippen LogP contribution in [0.1, 0.15) is 5.56 Å². The van der Waals surface area contributed by atoms with Crippen molar-refractivity contribution < 1.29 is 9.18 Å². The third kappa shape index (κ3) is 3.73. The van der Waals surface area contributed by atoms with Crippen molar-refractivity contribution in [2.45, 2.75) is 0 Å². The van der Waals surface area contributed by atoms with E-state index >= 15 is 0 Å². The first-order valence-electron chi connectivity index (χ1n) is 6.14. The SMILES string of the molecule is N#CC(=Cc1c(F)cccc1Cl)C(=O)Nc1ccccc1Br. The summed E-state index contributed by atoms with van der Waals surface area (Å²) >= 11 is 9.18. The number of hydrogen-bond donors (Lipinski definition) is 1. The molecule has 0 aliphatic heterocycles. The number of benzene rings is 2. The maximum Gasteiger partial charge on any atom is 0.266 e. The maximum absolute atomic E-state index is 13.7. The number of hydrogen-bond acceptors (Lipinski definition) is 2. The number of carbonyl (C=O) groups is 1. The summed E-state index contributed by atoms with van der Waals surface area (Å²) in [5.74, 6) is -1.25. The third-order valence-corrected chi connectivity index (χ3v) is 3.80. The van der Waals surface area contributed by atoms with E-state index in [0.29, 0.717) is 10.2 Å². The van der Waals surface area contributed by atoms with E-state index < -0.39 is 11.7 Å². The van der Waals surface area contributed by atoms with Crippen molar-refractivity contribution >= 4 is 45.2 Å². The van der Waals surface area contributed by atoms with Gasteiger partial charge in [-0.25, -0.2) is 4.39 Å². The van der Waals surface area contributed by atoms with E-state index in [2.05, 4.69) is 21.2 Å². The predicted molar refractivity (Wildman–Crippen MR) is 87.8 cm³/mol. The highest BCUT2D eigenvalue weighted by molar-refractivity contribution is 9.10. The van der Waals surface area contributed by atoms with Crippen molar-refractivity contribution in [1.82, 2.24) is 0 Å². The van der Waals surface area contributed by atoms with E-state index in [1.54, 1.807) is 30.3 Å². The van der Waals surface area contributed by atoms with Crippen LogP contribution in [-0.4, -0.2) is 5.91 Å². The van der Waals surface area contributed by atoms with Gasteiger partial charge in [-0.3, -0.25) is 4.79 Å². The van der Waals surface area contributed by atoms with Crippen molar-refractivity contribution in [3.05, 3.63) is 68.9 Å². The number of para-hydroxylation sites is 1. The minimum atomic E-state index is -0.645. The maximum atomic E-state index is 13.7. The highest BCUT2D eigenvalue weighted by Gasteiger charge is 2.13. The second kappa shape index (κ2) is 7.21. The lowest BCUT2D eigenvalue weighted by atomic mass is 10.1. The Labute approximate surface area is 140 Å². The Bertz CT molecular complexity index is 779. The van der Waals surface area contributed by atoms with Gasteiger partial charge in [0, 0.05) is 10.0 Å². The Balaban J connectivity index is 2.33. The summed E-state index contributed by atoms with van der Waals surface area (Å²) in [6.07, 6.45) is 1.13. The standard InChI is InChI=1S/C16H9BrClFN2O/c17-12-4-1-2-7-15(12)21-16(22)10(9-20)8-11-13(18)5-3-6-14(11)19/h1-8H,(H,21,22). The van der Waals surface area contributed by atoms with Gasteiger partial charge in [0.2, 0.25) is 0 Å². The average molecular weight is 380 g/mol. The summed E-state index contributed by atoms with van der Waals surface area (Å²) in [7, 11) is 0. The van der Waals surface area contributed by atoms with Gasteiger partial charge in [0.15, 0.2) is 0 Å². The van der Waals surface area contributed by atoms with Gasteiger partial charge in [0.05, 0.1) is 10.7 Å². The molecule has 0 atom stereocenters. The van der Waals surface area contributed by atoms with Crippen LogP contribution in [0.3, 0.4) is 0 Å². The fourth-order valence-electron chi connectivity index (χ4n) is 1.69. The van der Waals surface area contributed by atoms with E-state index in [-0.39, 0.29) is 16.2 Å². The van der Waals surface area contributed by atoms with Gasteiger partial charge in [-0.1, -0.05) is 29.8 Å². The molecular weight excluding hydrogens is 371 g/mol. The summed E-state index contributed by atoms with van der Waals surface area (Å²) < 4.78 is 14.4. The Morgan fingerprint density at radius 3 is 2.64 bits per heavy atom. The van der Waals surface area contributed by atoms with Gasteiger partial charge in [-0.15, -0.1) is 0 Å². The topological polar surface area (TPSA) is 52.9 Å². The molecule has 0 heterocycles. The minimum absolute atomic E-state index is 0.00277. The molecule has 2 aromatic rings. The van der Waals surface area contributed by atoms with E-state index in [4.69, 9.17) is 16.9 Å². The summed E-state index contributed by atoms with van der Waals surface area (Å²) in [4.78, 5) is 12.1. The molecule has 2 rings (SSSR count). The van der Waals surface area contributed by atoms with Crippen LogP contribution < -0.4 is 5.32 Å². The van der Waals surface area contributed by atoms with Crippen LogP contribution >= 0.6 is 27.5 Å². The summed E-state index contributed by atoms with van der Waals surface area (Å²) in [5.41, 5.74) is 0.263. The van der Waals surface area contributed by atoms with Gasteiger partial charge >= 0.3 is 0 Å². The molecule has 0 saturated carbocycles. The van der Waals surface area contributed by atoms with Crippen molar-refractivity contribution in [3.63, 3.8) is 0 Å². The van der Waals surface area contributed by atoms with Crippen LogP contribution in [0, 0.1) is 17.1 Å². The van der Waals surface area contributed by atoms with Crippen LogP contribution in [0.2, 0.25) is 5.02 Å². The lowest BCUT2D eigenvalue weighted by molar-refractivity contribution is -0.112. The monoisotopic (exact) mass is 378 g/mol. The molecule has 0 spiro atoms. The van der Waals surface area contributed by atoms with Crippen LogP contribution in [-0.2, 0) is 4.79 Å². The molecular formula is C16H9BrClFN2O. The first kappa shape index (κ1) is 16.2. The van der Waals surface area contributed by atoms with Crippen LogP contribution in [0.5, 0.6) is 0 Å². The van der Waals surface area contributed by atoms with E-state index in [9.17, 15) is 9.18 Å². The quantitative estimate of drug-likeness (QED) is 0.616. The van der Waals surface area contributed by atoms with E-state index in [0.717, 1.165) is 6.08 Å². The minimum Gasteiger partial charge on any atom is -0.320 e. The number of anilines is 1. The molecule has 0 bridgehead atoms. The Kier molecular flexibility index (Phi) is 5.31. The molecule has 0 aliphatic rings. The molecule has 0 aromatic heterocycles. The lowest BCUT2D eigenvalue weighted by Gasteiger charge is -2.07. The molecule has 1 N–H and O–H groups in total. The van der Waals surface area contributed by atoms with Crippen LogP contribution in [0.25, 0.3) is 6.08 Å². The zero-order valence-electron chi connectivity index (χ0n) is 11.1. The van der Waals surface area contributed by atoms with Crippen molar-refractivity contribution in [1.29, 1.82) is 5.26 Å².